The molecule has 1 aromatic rings. The molecule has 5 aliphatic rings. The van der Waals surface area contributed by atoms with Crippen molar-refractivity contribution >= 4 is 23.7 Å². The number of hydrogen-bond donors (Lipinski definition) is 1. The summed E-state index contributed by atoms with van der Waals surface area (Å²) >= 11 is 0. The summed E-state index contributed by atoms with van der Waals surface area (Å²) in [5, 5.41) is 3.17. The predicted molar refractivity (Wildman–Crippen MR) is 153 cm³/mol. The van der Waals surface area contributed by atoms with Crippen LogP contribution in [-0.4, -0.2) is 91.5 Å². The molecule has 40 heavy (non-hydrogen) atoms. The number of nitrogens with zero attached hydrogens (tertiary/aromatic N) is 3. The number of amides is 1. The Morgan fingerprint density at radius 1 is 1.07 bits per heavy atom. The van der Waals surface area contributed by atoms with E-state index >= 15 is 0 Å². The van der Waals surface area contributed by atoms with Crippen LogP contribution < -0.4 is 10.2 Å². The van der Waals surface area contributed by atoms with Crippen LogP contribution in [0.25, 0.3) is 0 Å². The van der Waals surface area contributed by atoms with Gasteiger partial charge in [0.1, 0.15) is 12.6 Å². The lowest BCUT2D eigenvalue weighted by Crippen LogP contribution is -2.68. The zero-order valence-electron chi connectivity index (χ0n) is 23.6. The Kier molecular flexibility index (Phi) is 7.98. The van der Waals surface area contributed by atoms with Gasteiger partial charge in [-0.05, 0) is 62.9 Å². The average molecular weight is 547 g/mol. The van der Waals surface area contributed by atoms with Crippen LogP contribution >= 0.6 is 0 Å². The number of ketones is 1. The SMILES string of the molecule is CCCN1CCN(c2ccc(C(=O)NC(C=O)(C3CCCC3)N3CC(C#CC4CC4)C4OCC(=O)C43)cc2)CC1. The molecule has 3 heterocycles. The highest BCUT2D eigenvalue weighted by molar-refractivity contribution is 5.97. The van der Waals surface area contributed by atoms with Crippen molar-refractivity contribution in [1.29, 1.82) is 0 Å². The van der Waals surface area contributed by atoms with Crippen LogP contribution in [0.15, 0.2) is 24.3 Å². The number of fused-ring (bicyclic) bond motifs is 1. The Morgan fingerprint density at radius 2 is 1.80 bits per heavy atom. The van der Waals surface area contributed by atoms with Gasteiger partial charge in [0.05, 0.1) is 12.0 Å². The maximum Gasteiger partial charge on any atom is 0.253 e. The molecular weight excluding hydrogens is 504 g/mol. The number of rotatable bonds is 8. The largest absolute Gasteiger partial charge is 0.369 e. The molecule has 4 unspecified atom stereocenters. The fraction of sp³-hybridized carbons (Fsp3) is 0.656. The van der Waals surface area contributed by atoms with Crippen LogP contribution in [0, 0.1) is 29.6 Å². The normalized spacial score (nSPS) is 29.1. The molecule has 8 nitrogen and oxygen atoms in total. The first-order valence-corrected chi connectivity index (χ1v) is 15.3. The summed E-state index contributed by atoms with van der Waals surface area (Å²) in [5.74, 6) is 6.65. The molecule has 0 bridgehead atoms. The molecule has 5 fully saturated rings. The number of likely N-dealkylation sites (tertiary alicyclic amines) is 1. The quantitative estimate of drug-likeness (QED) is 0.397. The van der Waals surface area contributed by atoms with E-state index in [9.17, 15) is 14.4 Å². The molecule has 1 amide bonds. The first-order chi connectivity index (χ1) is 19.5. The van der Waals surface area contributed by atoms with Gasteiger partial charge < -0.3 is 15.0 Å². The third-order valence-corrected chi connectivity index (χ3v) is 9.59. The molecule has 3 aliphatic heterocycles. The minimum Gasteiger partial charge on any atom is -0.369 e. The van der Waals surface area contributed by atoms with E-state index in [4.69, 9.17) is 4.74 Å². The van der Waals surface area contributed by atoms with E-state index in [-0.39, 0.29) is 36.2 Å². The second-order valence-corrected chi connectivity index (χ2v) is 12.3. The molecule has 8 heteroatoms. The van der Waals surface area contributed by atoms with Crippen molar-refractivity contribution in [2.45, 2.75) is 69.7 Å². The Balaban J connectivity index is 1.22. The third-order valence-electron chi connectivity index (χ3n) is 9.59. The van der Waals surface area contributed by atoms with Crippen LogP contribution in [0.2, 0.25) is 0 Å². The zero-order valence-corrected chi connectivity index (χ0v) is 23.6. The molecular formula is C32H42N4O4. The van der Waals surface area contributed by atoms with E-state index in [0.29, 0.717) is 18.0 Å². The van der Waals surface area contributed by atoms with Crippen molar-refractivity contribution in [2.24, 2.45) is 17.8 Å². The summed E-state index contributed by atoms with van der Waals surface area (Å²) in [6.07, 6.45) is 7.65. The van der Waals surface area contributed by atoms with E-state index in [1.165, 1.54) is 6.42 Å². The van der Waals surface area contributed by atoms with Gasteiger partial charge in [0.15, 0.2) is 17.7 Å². The zero-order chi connectivity index (χ0) is 27.7. The molecule has 2 aliphatic carbocycles. The highest BCUT2D eigenvalue weighted by Gasteiger charge is 2.59. The lowest BCUT2D eigenvalue weighted by atomic mass is 9.88. The van der Waals surface area contributed by atoms with E-state index in [1.54, 1.807) is 0 Å². The lowest BCUT2D eigenvalue weighted by Gasteiger charge is -2.44. The molecule has 6 rings (SSSR count). The van der Waals surface area contributed by atoms with Crippen LogP contribution in [0.3, 0.4) is 0 Å². The highest BCUT2D eigenvalue weighted by atomic mass is 16.5. The van der Waals surface area contributed by atoms with E-state index in [2.05, 4.69) is 33.9 Å². The summed E-state index contributed by atoms with van der Waals surface area (Å²) in [7, 11) is 0. The van der Waals surface area contributed by atoms with E-state index < -0.39 is 11.7 Å². The first kappa shape index (κ1) is 27.4. The number of benzene rings is 1. The number of aldehydes is 1. The van der Waals surface area contributed by atoms with Crippen molar-refractivity contribution in [3.63, 3.8) is 0 Å². The van der Waals surface area contributed by atoms with Gasteiger partial charge in [0, 0.05) is 55.8 Å². The fourth-order valence-electron chi connectivity index (χ4n) is 7.21. The highest BCUT2D eigenvalue weighted by Crippen LogP contribution is 2.43. The number of hydrogen-bond acceptors (Lipinski definition) is 7. The van der Waals surface area contributed by atoms with Crippen LogP contribution in [0.1, 0.15) is 62.2 Å². The van der Waals surface area contributed by atoms with Crippen molar-refractivity contribution in [3.05, 3.63) is 29.8 Å². The second kappa shape index (κ2) is 11.6. The van der Waals surface area contributed by atoms with Gasteiger partial charge >= 0.3 is 0 Å². The average Bonchev–Trinajstić information content (AvgIpc) is 3.33. The summed E-state index contributed by atoms with van der Waals surface area (Å²) in [6, 6.07) is 7.17. The molecule has 3 saturated heterocycles. The third kappa shape index (κ3) is 5.32. The number of nitrogens with one attached hydrogen (secondary N) is 1. The molecule has 0 radical (unpaired) electrons. The monoisotopic (exact) mass is 546 g/mol. The smallest absolute Gasteiger partial charge is 0.253 e. The summed E-state index contributed by atoms with van der Waals surface area (Å²) in [4.78, 5) is 46.8. The molecule has 214 valence electrons. The van der Waals surface area contributed by atoms with Gasteiger partial charge in [-0.25, -0.2) is 0 Å². The molecule has 4 atom stereocenters. The Hall–Kier alpha value is -2.73. The van der Waals surface area contributed by atoms with Crippen LogP contribution in [-0.2, 0) is 14.3 Å². The fourth-order valence-corrected chi connectivity index (χ4v) is 7.21. The number of piperazine rings is 1. The Morgan fingerprint density at radius 3 is 2.45 bits per heavy atom. The van der Waals surface area contributed by atoms with Crippen molar-refractivity contribution in [2.75, 3.05) is 50.8 Å². The second-order valence-electron chi connectivity index (χ2n) is 12.3. The van der Waals surface area contributed by atoms with Gasteiger partial charge in [-0.15, -0.1) is 0 Å². The number of Topliss-reactive ketones (excluding diaryl/α,β-unsaturated/α-hetero) is 1. The maximum atomic E-state index is 13.8. The lowest BCUT2D eigenvalue weighted by molar-refractivity contribution is -0.131. The molecule has 1 N–H and O–H groups in total. The first-order valence-electron chi connectivity index (χ1n) is 15.3. The minimum atomic E-state index is -1.26. The Labute approximate surface area is 237 Å². The van der Waals surface area contributed by atoms with Crippen LogP contribution in [0.5, 0.6) is 0 Å². The minimum absolute atomic E-state index is 0.0254. The van der Waals surface area contributed by atoms with E-state index in [1.807, 2.05) is 29.2 Å². The number of ether oxygens (including phenoxy) is 1. The van der Waals surface area contributed by atoms with Gasteiger partial charge in [-0.2, -0.15) is 0 Å². The Bertz CT molecular complexity index is 1160. The topological polar surface area (TPSA) is 82.2 Å². The molecule has 2 saturated carbocycles. The van der Waals surface area contributed by atoms with Crippen molar-refractivity contribution < 1.29 is 19.1 Å². The van der Waals surface area contributed by atoms with E-state index in [0.717, 1.165) is 83.2 Å². The van der Waals surface area contributed by atoms with Crippen molar-refractivity contribution in [3.8, 4) is 11.8 Å². The van der Waals surface area contributed by atoms with Gasteiger partial charge in [0.25, 0.3) is 5.91 Å². The number of anilines is 1. The number of carbonyl (C=O) groups excluding carboxylic acids is 3. The molecule has 0 spiro atoms. The summed E-state index contributed by atoms with van der Waals surface area (Å²) in [6.45, 7) is 7.87. The van der Waals surface area contributed by atoms with Crippen molar-refractivity contribution in [1.82, 2.24) is 15.1 Å². The van der Waals surface area contributed by atoms with Crippen LogP contribution in [0.4, 0.5) is 5.69 Å². The van der Waals surface area contributed by atoms with Gasteiger partial charge in [-0.1, -0.05) is 31.6 Å². The standard InChI is InChI=1S/C32H42N4O4/c1-2-15-34-16-18-35(19-17-34)27-13-11-24(12-14-27)31(39)33-32(22-37,26-5-3-4-6-26)36-20-25(10-9-23-7-8-23)30-29(36)28(38)21-40-30/h11-14,22-23,25-26,29-30H,2-8,15-21H2,1H3,(H,33,39). The van der Waals surface area contributed by atoms with Gasteiger partial charge in [0.2, 0.25) is 0 Å². The summed E-state index contributed by atoms with van der Waals surface area (Å²) < 4.78 is 5.94. The number of carbonyl (C=O) groups is 3. The molecule has 0 aromatic heterocycles. The predicted octanol–water partition coefficient (Wildman–Crippen LogP) is 2.72. The maximum absolute atomic E-state index is 13.8. The molecule has 1 aromatic carbocycles. The van der Waals surface area contributed by atoms with Gasteiger partial charge in [-0.3, -0.25) is 24.2 Å². The summed E-state index contributed by atoms with van der Waals surface area (Å²) in [5.41, 5.74) is 0.371.